The summed E-state index contributed by atoms with van der Waals surface area (Å²) >= 11 is 5.36. The fourth-order valence-electron chi connectivity index (χ4n) is 4.88. The summed E-state index contributed by atoms with van der Waals surface area (Å²) in [6.45, 7) is 6.03. The molecule has 5 N–H and O–H groups in total. The van der Waals surface area contributed by atoms with Crippen LogP contribution in [-0.4, -0.2) is 104 Å². The van der Waals surface area contributed by atoms with Crippen molar-refractivity contribution >= 4 is 49.3 Å². The van der Waals surface area contributed by atoms with Crippen molar-refractivity contribution in [3.8, 4) is 11.5 Å². The number of nitrogen functional groups attached to an aromatic ring is 1. The number of ether oxygens (including phenoxy) is 2. The molecule has 2 aromatic carbocycles. The number of carboxylic acid groups (broad SMARTS) is 1. The Hall–Kier alpha value is -7.07. The number of aromatic carboxylic acids is 1. The van der Waals surface area contributed by atoms with E-state index in [1.807, 2.05) is 11.8 Å². The second-order valence-electron chi connectivity index (χ2n) is 12.5. The Kier molecular flexibility index (Phi) is 20.7. The van der Waals surface area contributed by atoms with Crippen molar-refractivity contribution in [2.24, 2.45) is 0 Å². The first-order chi connectivity index (χ1) is 28.7. The second kappa shape index (κ2) is 25.0. The lowest BCUT2D eigenvalue weighted by Gasteiger charge is -2.40. The maximum Gasteiger partial charge on any atom is 0.357 e. The summed E-state index contributed by atoms with van der Waals surface area (Å²) in [5.41, 5.74) is 6.86. The molecule has 0 bridgehead atoms. The van der Waals surface area contributed by atoms with Crippen LogP contribution in [0.4, 0.5) is 35.0 Å². The highest BCUT2D eigenvalue weighted by Crippen LogP contribution is 2.26. The number of nitrogens with zero attached hydrogens (tertiary/aromatic N) is 9. The molecule has 0 saturated carbocycles. The fourth-order valence-corrected chi connectivity index (χ4v) is 5.06. The van der Waals surface area contributed by atoms with Gasteiger partial charge in [0.1, 0.15) is 48.0 Å². The highest BCUT2D eigenvalue weighted by atomic mass is 35.5. The van der Waals surface area contributed by atoms with Crippen LogP contribution in [0.5, 0.6) is 11.5 Å². The minimum atomic E-state index is -1.17. The maximum absolute atomic E-state index is 13.3. The molecule has 6 aromatic rings. The monoisotopic (exact) mass is 893 g/mol. The third-order valence-electron chi connectivity index (χ3n) is 7.90. The molecule has 4 radical (unpaired) electrons. The second-order valence-corrected chi connectivity index (χ2v) is 12.9. The molecular weight excluding hydrogens is 851 g/mol. The number of nitrogens with two attached hydrogens (primary N) is 1. The van der Waals surface area contributed by atoms with Gasteiger partial charge < -0.3 is 44.3 Å². The SMILES string of the molecule is C.C.Cc1cc(N)ncn1.Cc1cc(NC(=O)c2nccnc2N2CC(Oc3ccc(F)c(F)c3)C2)ncn1.Fc1ccc(OC2CNC2)cc1F.O=C(O)c1nccnc1Cl.[B-]. The molecular formula is C40H43BClF4N12O5-. The Morgan fingerprint density at radius 3 is 1.71 bits per heavy atom. The van der Waals surface area contributed by atoms with Crippen LogP contribution in [0, 0.1) is 37.1 Å². The number of aromatic nitrogens is 8. The predicted molar refractivity (Wildman–Crippen MR) is 228 cm³/mol. The van der Waals surface area contributed by atoms with Gasteiger partial charge in [0.25, 0.3) is 5.91 Å². The summed E-state index contributed by atoms with van der Waals surface area (Å²) in [5.74, 6) is -3.32. The molecule has 23 heteroatoms. The Labute approximate surface area is 367 Å². The lowest BCUT2D eigenvalue weighted by molar-refractivity contribution is 0.0690. The Morgan fingerprint density at radius 1 is 0.730 bits per heavy atom. The van der Waals surface area contributed by atoms with Crippen molar-refractivity contribution in [3.63, 3.8) is 0 Å². The summed E-state index contributed by atoms with van der Waals surface area (Å²) in [4.78, 5) is 55.6. The molecule has 63 heavy (non-hydrogen) atoms. The van der Waals surface area contributed by atoms with Crippen molar-refractivity contribution in [1.82, 2.24) is 45.2 Å². The third-order valence-corrected chi connectivity index (χ3v) is 8.18. The molecule has 8 rings (SSSR count). The van der Waals surface area contributed by atoms with Crippen molar-refractivity contribution in [3.05, 3.63) is 137 Å². The summed E-state index contributed by atoms with van der Waals surface area (Å²) in [5, 5.41) is 14.0. The number of carboxylic acids is 1. The van der Waals surface area contributed by atoms with E-state index < -0.39 is 35.1 Å². The van der Waals surface area contributed by atoms with Crippen molar-refractivity contribution in [2.45, 2.75) is 40.9 Å². The molecule has 2 fully saturated rings. The van der Waals surface area contributed by atoms with Gasteiger partial charge in [-0.1, -0.05) is 26.5 Å². The van der Waals surface area contributed by atoms with Crippen LogP contribution in [-0.2, 0) is 0 Å². The number of rotatable bonds is 8. The maximum atomic E-state index is 13.3. The fraction of sp³-hybridized carbons (Fsp3) is 0.250. The average molecular weight is 894 g/mol. The molecule has 1 amide bonds. The van der Waals surface area contributed by atoms with E-state index in [0.717, 1.165) is 48.7 Å². The molecule has 2 saturated heterocycles. The highest BCUT2D eigenvalue weighted by Gasteiger charge is 2.33. The minimum absolute atomic E-state index is 0. The molecule has 6 heterocycles. The smallest absolute Gasteiger partial charge is 0.357 e. The first-order valence-corrected chi connectivity index (χ1v) is 18.0. The molecule has 2 aliphatic heterocycles. The van der Waals surface area contributed by atoms with E-state index in [9.17, 15) is 27.2 Å². The largest absolute Gasteiger partial charge is 1.00 e. The van der Waals surface area contributed by atoms with E-state index in [1.54, 1.807) is 19.1 Å². The van der Waals surface area contributed by atoms with Crippen LogP contribution in [0.2, 0.25) is 5.15 Å². The number of nitrogens with one attached hydrogen (secondary N) is 2. The van der Waals surface area contributed by atoms with Crippen LogP contribution in [0.25, 0.3) is 0 Å². The molecule has 0 aliphatic carbocycles. The first-order valence-electron chi connectivity index (χ1n) is 17.6. The summed E-state index contributed by atoms with van der Waals surface area (Å²) in [6.07, 6.45) is 8.17. The van der Waals surface area contributed by atoms with Gasteiger partial charge in [-0.3, -0.25) is 4.79 Å². The molecule has 0 spiro atoms. The van der Waals surface area contributed by atoms with Gasteiger partial charge in [-0.2, -0.15) is 0 Å². The van der Waals surface area contributed by atoms with E-state index in [4.69, 9.17) is 31.9 Å². The number of halogens is 5. The number of anilines is 3. The first kappa shape index (κ1) is 52.1. The number of amides is 1. The third kappa shape index (κ3) is 15.7. The number of benzene rings is 2. The van der Waals surface area contributed by atoms with Crippen LogP contribution in [0.3, 0.4) is 0 Å². The van der Waals surface area contributed by atoms with E-state index in [1.165, 1.54) is 49.6 Å². The quantitative estimate of drug-likeness (QED) is 0.105. The van der Waals surface area contributed by atoms with E-state index in [0.29, 0.717) is 36.3 Å². The van der Waals surface area contributed by atoms with Gasteiger partial charge in [-0.15, -0.1) is 0 Å². The van der Waals surface area contributed by atoms with Gasteiger partial charge in [-0.25, -0.2) is 62.2 Å². The molecule has 17 nitrogen and oxygen atoms in total. The molecule has 332 valence electrons. The zero-order valence-electron chi connectivity index (χ0n) is 32.2. The predicted octanol–water partition coefficient (Wildman–Crippen LogP) is 5.78. The van der Waals surface area contributed by atoms with Gasteiger partial charge in [0.2, 0.25) is 0 Å². The summed E-state index contributed by atoms with van der Waals surface area (Å²) < 4.78 is 62.4. The molecule has 0 atom stereocenters. The van der Waals surface area contributed by atoms with Gasteiger partial charge >= 0.3 is 5.97 Å². The van der Waals surface area contributed by atoms with Crippen LogP contribution in [0.15, 0.2) is 86.0 Å². The molecule has 4 aromatic heterocycles. The van der Waals surface area contributed by atoms with Crippen molar-refractivity contribution in [2.75, 3.05) is 42.1 Å². The number of carbonyl (C=O) groups is 2. The molecule has 0 unspecified atom stereocenters. The van der Waals surface area contributed by atoms with Crippen LogP contribution in [0.1, 0.15) is 47.2 Å². The van der Waals surface area contributed by atoms with Crippen LogP contribution >= 0.6 is 11.6 Å². The summed E-state index contributed by atoms with van der Waals surface area (Å²) in [7, 11) is 0. The Balaban J connectivity index is 0.000000332. The van der Waals surface area contributed by atoms with Crippen LogP contribution < -0.4 is 30.7 Å². The van der Waals surface area contributed by atoms with Gasteiger partial charge in [0, 0.05) is 73.5 Å². The lowest BCUT2D eigenvalue weighted by atomic mass is 10.1. The highest BCUT2D eigenvalue weighted by molar-refractivity contribution is 6.31. The Morgan fingerprint density at radius 2 is 1.25 bits per heavy atom. The van der Waals surface area contributed by atoms with E-state index in [-0.39, 0.29) is 57.8 Å². The van der Waals surface area contributed by atoms with Gasteiger partial charge in [0.15, 0.2) is 45.6 Å². The minimum Gasteiger partial charge on any atom is -1.00 e. The average Bonchev–Trinajstić information content (AvgIpc) is 3.18. The van der Waals surface area contributed by atoms with Gasteiger partial charge in [0.05, 0.1) is 13.1 Å². The number of carbonyl (C=O) groups excluding carboxylic acids is 1. The topological polar surface area (TPSA) is 229 Å². The van der Waals surface area contributed by atoms with Crippen molar-refractivity contribution < 1.29 is 41.7 Å². The summed E-state index contributed by atoms with van der Waals surface area (Å²) in [6, 6.07) is 10.3. The van der Waals surface area contributed by atoms with Gasteiger partial charge in [-0.05, 0) is 38.1 Å². The van der Waals surface area contributed by atoms with E-state index >= 15 is 0 Å². The zero-order valence-corrected chi connectivity index (χ0v) is 33.0. The molecule has 2 aliphatic rings. The van der Waals surface area contributed by atoms with E-state index in [2.05, 4.69) is 50.5 Å². The van der Waals surface area contributed by atoms with Crippen molar-refractivity contribution in [1.29, 1.82) is 0 Å². The Bertz CT molecular complexity index is 2410. The number of aryl methyl sites for hydroxylation is 2. The lowest BCUT2D eigenvalue weighted by Crippen LogP contribution is -2.54. The normalized spacial score (nSPS) is 12.4. The standard InChI is InChI=1S/C19H16F2N6O2.C9H9F2NO.C5H3ClN2O2.C5H7N3.2CH4.B/c1-11-6-16(25-10-24-11)26-19(28)17-18(23-5-4-22-17)27-8-13(9-27)29-12-2-3-14(20)15(21)7-12;10-8-2-1-6(3-9(8)11)13-7-4-12-5-7;6-4-3(5(9)10)7-1-2-8-4;1-4-2-5(6)8-3-7-4;;;/h2-7,10,13H,8-9H2,1H3,(H,24,25,26,28);1-3,7,12H,4-5H2;1-2H,(H,9,10);2-3H,1H3,(H2,6,7,8);2*1H4;/q;;;;;;-1. The number of hydrogen-bond donors (Lipinski definition) is 4. The zero-order chi connectivity index (χ0) is 43.2. The number of hydrogen-bond acceptors (Lipinski definition) is 15.